The summed E-state index contributed by atoms with van der Waals surface area (Å²) in [5.74, 6) is -0.836. The van der Waals surface area contributed by atoms with E-state index in [0.29, 0.717) is 0 Å². The van der Waals surface area contributed by atoms with Gasteiger partial charge < -0.3 is 10.0 Å². The molecule has 0 bridgehead atoms. The molecule has 106 valence electrons. The van der Waals surface area contributed by atoms with Crippen molar-refractivity contribution < 1.29 is 9.90 Å². The lowest BCUT2D eigenvalue weighted by atomic mass is 10.1. The van der Waals surface area contributed by atoms with Crippen LogP contribution in [0.4, 0.5) is 0 Å². The maximum atomic E-state index is 11.4. The van der Waals surface area contributed by atoms with Crippen LogP contribution >= 0.6 is 0 Å². The number of benzene rings is 1. The van der Waals surface area contributed by atoms with Crippen LogP contribution in [0.2, 0.25) is 0 Å². The van der Waals surface area contributed by atoms with E-state index in [1.165, 1.54) is 0 Å². The average molecular weight is 264 g/mol. The van der Waals surface area contributed by atoms with Gasteiger partial charge in [-0.1, -0.05) is 44.2 Å². The van der Waals surface area contributed by atoms with Gasteiger partial charge in [0, 0.05) is 12.6 Å². The fraction of sp³-hybridized carbons (Fsp3) is 0.533. The molecule has 1 rings (SSSR count). The normalized spacial score (nSPS) is 14.3. The quantitative estimate of drug-likeness (QED) is 0.755. The summed E-state index contributed by atoms with van der Waals surface area (Å²) < 4.78 is 0. The third-order valence-corrected chi connectivity index (χ3v) is 3.26. The van der Waals surface area contributed by atoms with Crippen molar-refractivity contribution in [2.75, 3.05) is 19.6 Å². The van der Waals surface area contributed by atoms with E-state index in [9.17, 15) is 9.90 Å². The van der Waals surface area contributed by atoms with Crippen LogP contribution in [-0.2, 0) is 4.79 Å². The Kier molecular flexibility index (Phi) is 6.53. The first kappa shape index (κ1) is 15.7. The van der Waals surface area contributed by atoms with Gasteiger partial charge in [0.2, 0.25) is 0 Å². The zero-order valence-electron chi connectivity index (χ0n) is 12.0. The minimum absolute atomic E-state index is 0.126. The van der Waals surface area contributed by atoms with Crippen LogP contribution in [0.1, 0.15) is 32.4 Å². The Morgan fingerprint density at radius 1 is 1.26 bits per heavy atom. The molecule has 0 aliphatic rings. The molecule has 2 unspecified atom stereocenters. The van der Waals surface area contributed by atoms with E-state index in [1.807, 2.05) is 37.3 Å². The number of rotatable bonds is 8. The second kappa shape index (κ2) is 7.92. The highest BCUT2D eigenvalue weighted by Gasteiger charge is 2.21. The monoisotopic (exact) mass is 264 g/mol. The Bertz CT molecular complexity index is 377. The summed E-state index contributed by atoms with van der Waals surface area (Å²) in [5.41, 5.74) is 0.793. The second-order valence-electron chi connectivity index (χ2n) is 4.74. The van der Waals surface area contributed by atoms with Gasteiger partial charge in [-0.15, -0.1) is 0 Å². The van der Waals surface area contributed by atoms with Crippen LogP contribution in [-0.4, -0.2) is 41.7 Å². The standard InChI is InChI=1S/C15H24N2O2/c1-4-17(5-2)11-12(3)16-14(15(18)19)13-9-7-6-8-10-13/h6-10,12,14,16H,4-5,11H2,1-3H3,(H,18,19). The van der Waals surface area contributed by atoms with Crippen molar-refractivity contribution in [1.82, 2.24) is 10.2 Å². The third kappa shape index (κ3) is 5.01. The molecule has 0 saturated heterocycles. The molecule has 0 amide bonds. The Balaban J connectivity index is 2.67. The number of hydrogen-bond acceptors (Lipinski definition) is 3. The van der Waals surface area contributed by atoms with Crippen molar-refractivity contribution in [3.63, 3.8) is 0 Å². The first-order valence-corrected chi connectivity index (χ1v) is 6.84. The molecule has 0 saturated carbocycles. The molecule has 2 N–H and O–H groups in total. The van der Waals surface area contributed by atoms with Gasteiger partial charge in [0.05, 0.1) is 0 Å². The lowest BCUT2D eigenvalue weighted by molar-refractivity contribution is -0.139. The molecule has 4 heteroatoms. The van der Waals surface area contributed by atoms with Crippen LogP contribution < -0.4 is 5.32 Å². The van der Waals surface area contributed by atoms with Gasteiger partial charge in [0.1, 0.15) is 6.04 Å². The topological polar surface area (TPSA) is 52.6 Å². The van der Waals surface area contributed by atoms with Gasteiger partial charge in [-0.25, -0.2) is 0 Å². The maximum Gasteiger partial charge on any atom is 0.325 e. The fourth-order valence-corrected chi connectivity index (χ4v) is 2.16. The summed E-state index contributed by atoms with van der Waals surface area (Å²) in [6, 6.07) is 8.78. The summed E-state index contributed by atoms with van der Waals surface area (Å²) in [4.78, 5) is 13.7. The van der Waals surface area contributed by atoms with Gasteiger partial charge in [-0.2, -0.15) is 0 Å². The molecule has 1 aromatic rings. The summed E-state index contributed by atoms with van der Waals surface area (Å²) >= 11 is 0. The molecule has 1 aromatic carbocycles. The highest BCUT2D eigenvalue weighted by Crippen LogP contribution is 2.13. The number of likely N-dealkylation sites (N-methyl/N-ethyl adjacent to an activating group) is 1. The van der Waals surface area contributed by atoms with Crippen LogP contribution in [0.25, 0.3) is 0 Å². The number of nitrogens with one attached hydrogen (secondary N) is 1. The molecule has 4 nitrogen and oxygen atoms in total. The number of aliphatic carboxylic acids is 1. The predicted molar refractivity (Wildman–Crippen MR) is 77.2 cm³/mol. The molecule has 0 aliphatic carbocycles. The van der Waals surface area contributed by atoms with Crippen molar-refractivity contribution in [3.05, 3.63) is 35.9 Å². The lowest BCUT2D eigenvalue weighted by Gasteiger charge is -2.26. The molecular weight excluding hydrogens is 240 g/mol. The van der Waals surface area contributed by atoms with E-state index in [1.54, 1.807) is 0 Å². The van der Waals surface area contributed by atoms with Crippen molar-refractivity contribution in [2.45, 2.75) is 32.9 Å². The summed E-state index contributed by atoms with van der Waals surface area (Å²) in [5, 5.41) is 12.5. The van der Waals surface area contributed by atoms with Crippen molar-refractivity contribution in [3.8, 4) is 0 Å². The van der Waals surface area contributed by atoms with Crippen molar-refractivity contribution in [1.29, 1.82) is 0 Å². The molecule has 0 spiro atoms. The Morgan fingerprint density at radius 2 is 1.84 bits per heavy atom. The van der Waals surface area contributed by atoms with Gasteiger partial charge in [0.25, 0.3) is 0 Å². The SMILES string of the molecule is CCN(CC)CC(C)NC(C(=O)O)c1ccccc1. The number of carbonyl (C=O) groups is 1. The Morgan fingerprint density at radius 3 is 2.32 bits per heavy atom. The van der Waals surface area contributed by atoms with E-state index >= 15 is 0 Å². The van der Waals surface area contributed by atoms with Gasteiger partial charge in [0.15, 0.2) is 0 Å². The molecule has 0 aliphatic heterocycles. The van der Waals surface area contributed by atoms with Crippen LogP contribution in [0.5, 0.6) is 0 Å². The third-order valence-electron chi connectivity index (χ3n) is 3.26. The molecular formula is C15H24N2O2. The maximum absolute atomic E-state index is 11.4. The predicted octanol–water partition coefficient (Wildman–Crippen LogP) is 2.13. The molecule has 0 fully saturated rings. The van der Waals surface area contributed by atoms with E-state index in [2.05, 4.69) is 24.1 Å². The van der Waals surface area contributed by atoms with Gasteiger partial charge in [-0.3, -0.25) is 10.1 Å². The van der Waals surface area contributed by atoms with E-state index in [0.717, 1.165) is 25.2 Å². The summed E-state index contributed by atoms with van der Waals surface area (Å²) in [6.45, 7) is 9.06. The number of carboxylic acids is 1. The minimum Gasteiger partial charge on any atom is -0.480 e. The average Bonchev–Trinajstić information content (AvgIpc) is 2.42. The zero-order valence-corrected chi connectivity index (χ0v) is 12.0. The van der Waals surface area contributed by atoms with E-state index in [-0.39, 0.29) is 6.04 Å². The second-order valence-corrected chi connectivity index (χ2v) is 4.74. The smallest absolute Gasteiger partial charge is 0.325 e. The lowest BCUT2D eigenvalue weighted by Crippen LogP contribution is -2.42. The zero-order chi connectivity index (χ0) is 14.3. The van der Waals surface area contributed by atoms with Gasteiger partial charge in [-0.05, 0) is 25.6 Å². The molecule has 0 radical (unpaired) electrons. The summed E-state index contributed by atoms with van der Waals surface area (Å²) in [7, 11) is 0. The number of nitrogens with zero attached hydrogens (tertiary/aromatic N) is 1. The van der Waals surface area contributed by atoms with Crippen LogP contribution in [0.3, 0.4) is 0 Å². The van der Waals surface area contributed by atoms with Gasteiger partial charge >= 0.3 is 5.97 Å². The molecule has 2 atom stereocenters. The first-order valence-electron chi connectivity index (χ1n) is 6.84. The number of hydrogen-bond donors (Lipinski definition) is 2. The largest absolute Gasteiger partial charge is 0.480 e. The molecule has 0 aromatic heterocycles. The van der Waals surface area contributed by atoms with Crippen LogP contribution in [0.15, 0.2) is 30.3 Å². The Hall–Kier alpha value is -1.39. The Labute approximate surface area is 115 Å². The molecule has 0 heterocycles. The summed E-state index contributed by atoms with van der Waals surface area (Å²) in [6.07, 6.45) is 0. The van der Waals surface area contributed by atoms with E-state index in [4.69, 9.17) is 0 Å². The minimum atomic E-state index is -0.836. The highest BCUT2D eigenvalue weighted by molar-refractivity contribution is 5.75. The van der Waals surface area contributed by atoms with Crippen molar-refractivity contribution in [2.24, 2.45) is 0 Å². The highest BCUT2D eigenvalue weighted by atomic mass is 16.4. The van der Waals surface area contributed by atoms with Crippen molar-refractivity contribution >= 4 is 5.97 Å². The number of carboxylic acid groups (broad SMARTS) is 1. The first-order chi connectivity index (χ1) is 9.08. The van der Waals surface area contributed by atoms with Crippen LogP contribution in [0, 0.1) is 0 Å². The van der Waals surface area contributed by atoms with E-state index < -0.39 is 12.0 Å². The molecule has 19 heavy (non-hydrogen) atoms. The fourth-order valence-electron chi connectivity index (χ4n) is 2.16.